The molecule has 1 aliphatic heterocycles. The molecule has 6 nitrogen and oxygen atoms in total. The number of nitrogens with one attached hydrogen (secondary N) is 1. The van der Waals surface area contributed by atoms with Crippen LogP contribution in [-0.4, -0.2) is 28.2 Å². The van der Waals surface area contributed by atoms with Crippen molar-refractivity contribution in [3.05, 3.63) is 35.4 Å². The van der Waals surface area contributed by atoms with E-state index in [0.717, 1.165) is 0 Å². The van der Waals surface area contributed by atoms with Gasteiger partial charge in [0.25, 0.3) is 0 Å². The van der Waals surface area contributed by atoms with Crippen molar-refractivity contribution in [1.82, 2.24) is 5.32 Å². The van der Waals surface area contributed by atoms with Gasteiger partial charge in [-0.05, 0) is 12.0 Å². The maximum absolute atomic E-state index is 11.2. The SMILES string of the molecule is NC1(C(=O)O)NC(C(=O)O)Cc2ccccc21. The quantitative estimate of drug-likeness (QED) is 0.549. The van der Waals surface area contributed by atoms with Crippen LogP contribution in [0.25, 0.3) is 0 Å². The van der Waals surface area contributed by atoms with Crippen LogP contribution in [0.4, 0.5) is 0 Å². The highest BCUT2D eigenvalue weighted by Crippen LogP contribution is 2.27. The predicted molar refractivity (Wildman–Crippen MR) is 58.2 cm³/mol. The molecule has 0 spiro atoms. The van der Waals surface area contributed by atoms with Gasteiger partial charge in [-0.15, -0.1) is 0 Å². The Morgan fingerprint density at radius 1 is 1.35 bits per heavy atom. The first-order valence-corrected chi connectivity index (χ1v) is 5.06. The summed E-state index contributed by atoms with van der Waals surface area (Å²) in [5, 5.41) is 20.6. The summed E-state index contributed by atoms with van der Waals surface area (Å²) >= 11 is 0. The molecule has 1 aliphatic rings. The zero-order valence-electron chi connectivity index (χ0n) is 8.88. The number of carboxylic acid groups (broad SMARTS) is 2. The summed E-state index contributed by atoms with van der Waals surface area (Å²) < 4.78 is 0. The van der Waals surface area contributed by atoms with Crippen LogP contribution < -0.4 is 11.1 Å². The molecule has 0 radical (unpaired) electrons. The van der Waals surface area contributed by atoms with Crippen LogP contribution in [0.2, 0.25) is 0 Å². The minimum Gasteiger partial charge on any atom is -0.480 e. The normalized spacial score (nSPS) is 27.2. The molecule has 1 aromatic carbocycles. The molecule has 5 N–H and O–H groups in total. The maximum Gasteiger partial charge on any atom is 0.343 e. The van der Waals surface area contributed by atoms with E-state index in [1.165, 1.54) is 0 Å². The van der Waals surface area contributed by atoms with Crippen LogP contribution in [0.3, 0.4) is 0 Å². The molecule has 1 heterocycles. The largest absolute Gasteiger partial charge is 0.480 e. The van der Waals surface area contributed by atoms with Gasteiger partial charge in [0, 0.05) is 5.56 Å². The van der Waals surface area contributed by atoms with Crippen molar-refractivity contribution in [2.45, 2.75) is 18.1 Å². The average molecular weight is 236 g/mol. The Bertz CT molecular complexity index is 488. The van der Waals surface area contributed by atoms with Crippen molar-refractivity contribution >= 4 is 11.9 Å². The number of fused-ring (bicyclic) bond motifs is 1. The Hall–Kier alpha value is -1.92. The topological polar surface area (TPSA) is 113 Å². The molecule has 2 rings (SSSR count). The Balaban J connectivity index is 2.54. The van der Waals surface area contributed by atoms with E-state index in [0.29, 0.717) is 11.1 Å². The lowest BCUT2D eigenvalue weighted by molar-refractivity contribution is -0.148. The fraction of sp³-hybridized carbons (Fsp3) is 0.273. The van der Waals surface area contributed by atoms with E-state index in [4.69, 9.17) is 15.9 Å². The van der Waals surface area contributed by atoms with Crippen LogP contribution in [0.5, 0.6) is 0 Å². The van der Waals surface area contributed by atoms with Gasteiger partial charge in [0.2, 0.25) is 0 Å². The van der Waals surface area contributed by atoms with Crippen molar-refractivity contribution in [2.75, 3.05) is 0 Å². The van der Waals surface area contributed by atoms with E-state index in [-0.39, 0.29) is 6.42 Å². The third-order valence-corrected chi connectivity index (χ3v) is 2.90. The minimum atomic E-state index is -1.85. The van der Waals surface area contributed by atoms with Crippen molar-refractivity contribution in [1.29, 1.82) is 0 Å². The second-order valence-electron chi connectivity index (χ2n) is 4.01. The Morgan fingerprint density at radius 3 is 2.59 bits per heavy atom. The van der Waals surface area contributed by atoms with E-state index in [1.807, 2.05) is 0 Å². The number of nitrogens with two attached hydrogens (primary N) is 1. The van der Waals surface area contributed by atoms with E-state index < -0.39 is 23.6 Å². The summed E-state index contributed by atoms with van der Waals surface area (Å²) in [6.45, 7) is 0. The van der Waals surface area contributed by atoms with Crippen LogP contribution in [0, 0.1) is 0 Å². The molecule has 6 heteroatoms. The molecule has 0 aliphatic carbocycles. The highest BCUT2D eigenvalue weighted by atomic mass is 16.4. The van der Waals surface area contributed by atoms with E-state index in [2.05, 4.69) is 5.32 Å². The Morgan fingerprint density at radius 2 is 2.00 bits per heavy atom. The smallest absolute Gasteiger partial charge is 0.343 e. The Labute approximate surface area is 97.1 Å². The molecule has 1 aromatic rings. The standard InChI is InChI=1S/C11H12N2O4/c12-11(10(16)17)7-4-2-1-3-6(7)5-8(13-11)9(14)15/h1-4,8,13H,5,12H2,(H,14,15)(H,16,17). The summed E-state index contributed by atoms with van der Waals surface area (Å²) in [7, 11) is 0. The molecule has 0 fully saturated rings. The van der Waals surface area contributed by atoms with Crippen LogP contribution in [0.15, 0.2) is 24.3 Å². The van der Waals surface area contributed by atoms with Gasteiger partial charge in [-0.3, -0.25) is 15.8 Å². The van der Waals surface area contributed by atoms with Gasteiger partial charge in [-0.2, -0.15) is 0 Å². The lowest BCUT2D eigenvalue weighted by Gasteiger charge is -2.36. The Kier molecular flexibility index (Phi) is 2.60. The van der Waals surface area contributed by atoms with Gasteiger partial charge in [0.05, 0.1) is 0 Å². The highest BCUT2D eigenvalue weighted by molar-refractivity contribution is 5.84. The number of aliphatic carboxylic acids is 2. The first-order chi connectivity index (χ1) is 7.95. The number of carbonyl (C=O) groups is 2. The summed E-state index contributed by atoms with van der Waals surface area (Å²) in [5.74, 6) is -2.41. The second-order valence-corrected chi connectivity index (χ2v) is 4.01. The van der Waals surface area contributed by atoms with Gasteiger partial charge >= 0.3 is 11.9 Å². The lowest BCUT2D eigenvalue weighted by atomic mass is 9.86. The van der Waals surface area contributed by atoms with Gasteiger partial charge in [0.1, 0.15) is 6.04 Å². The van der Waals surface area contributed by atoms with E-state index >= 15 is 0 Å². The fourth-order valence-electron chi connectivity index (χ4n) is 2.03. The summed E-state index contributed by atoms with van der Waals surface area (Å²) in [6.07, 6.45) is 0.220. The molecule has 0 saturated heterocycles. The number of benzene rings is 1. The summed E-state index contributed by atoms with van der Waals surface area (Å²) in [5.41, 5.74) is 4.97. The summed E-state index contributed by atoms with van der Waals surface area (Å²) in [6, 6.07) is 5.69. The van der Waals surface area contributed by atoms with Crippen LogP contribution >= 0.6 is 0 Å². The molecule has 0 saturated carbocycles. The average Bonchev–Trinajstić information content (AvgIpc) is 2.28. The molecule has 90 valence electrons. The zero-order chi connectivity index (χ0) is 12.6. The molecule has 2 atom stereocenters. The van der Waals surface area contributed by atoms with Crippen LogP contribution in [0.1, 0.15) is 11.1 Å². The van der Waals surface area contributed by atoms with Gasteiger partial charge in [-0.1, -0.05) is 24.3 Å². The van der Waals surface area contributed by atoms with Crippen molar-refractivity contribution in [3.8, 4) is 0 Å². The van der Waals surface area contributed by atoms with Crippen molar-refractivity contribution in [2.24, 2.45) is 5.73 Å². The molecule has 0 amide bonds. The second kappa shape index (κ2) is 3.83. The molecular weight excluding hydrogens is 224 g/mol. The number of hydrogen-bond donors (Lipinski definition) is 4. The summed E-state index contributed by atoms with van der Waals surface area (Å²) in [4.78, 5) is 22.2. The first kappa shape index (κ1) is 11.6. The van der Waals surface area contributed by atoms with E-state index in [1.54, 1.807) is 24.3 Å². The first-order valence-electron chi connectivity index (χ1n) is 5.06. The predicted octanol–water partition coefficient (Wildman–Crippen LogP) is -0.518. The highest BCUT2D eigenvalue weighted by Gasteiger charge is 2.44. The minimum absolute atomic E-state index is 0.220. The lowest BCUT2D eigenvalue weighted by Crippen LogP contribution is -2.64. The van der Waals surface area contributed by atoms with Crippen molar-refractivity contribution < 1.29 is 19.8 Å². The third-order valence-electron chi connectivity index (χ3n) is 2.90. The van der Waals surface area contributed by atoms with Gasteiger partial charge < -0.3 is 10.2 Å². The molecule has 0 aromatic heterocycles. The number of rotatable bonds is 2. The van der Waals surface area contributed by atoms with E-state index in [9.17, 15) is 9.59 Å². The van der Waals surface area contributed by atoms with Crippen LogP contribution in [-0.2, 0) is 21.7 Å². The molecule has 17 heavy (non-hydrogen) atoms. The molecule has 0 bridgehead atoms. The monoisotopic (exact) mass is 236 g/mol. The fourth-order valence-corrected chi connectivity index (χ4v) is 2.03. The van der Waals surface area contributed by atoms with Gasteiger partial charge in [0.15, 0.2) is 5.66 Å². The van der Waals surface area contributed by atoms with Crippen molar-refractivity contribution in [3.63, 3.8) is 0 Å². The van der Waals surface area contributed by atoms with Gasteiger partial charge in [-0.25, -0.2) is 4.79 Å². The molecular formula is C11H12N2O4. The third kappa shape index (κ3) is 1.77. The zero-order valence-corrected chi connectivity index (χ0v) is 8.88. The maximum atomic E-state index is 11.2. The molecule has 2 unspecified atom stereocenters. The number of carboxylic acids is 2. The number of hydrogen-bond acceptors (Lipinski definition) is 4.